The molecule has 7 nitrogen and oxygen atoms in total. The highest BCUT2D eigenvalue weighted by molar-refractivity contribution is 9.10. The maximum atomic E-state index is 12.1. The van der Waals surface area contributed by atoms with Crippen LogP contribution in [0.4, 0.5) is 5.69 Å². The van der Waals surface area contributed by atoms with Gasteiger partial charge in [0.05, 0.1) is 0 Å². The number of aromatic nitrogens is 4. The molecule has 1 N–H and O–H groups in total. The molecule has 0 aliphatic heterocycles. The van der Waals surface area contributed by atoms with Crippen molar-refractivity contribution in [3.8, 4) is 5.82 Å². The van der Waals surface area contributed by atoms with Gasteiger partial charge >= 0.3 is 0 Å². The molecule has 0 saturated heterocycles. The van der Waals surface area contributed by atoms with Crippen LogP contribution >= 0.6 is 15.9 Å². The molecule has 0 fully saturated rings. The van der Waals surface area contributed by atoms with E-state index in [1.165, 1.54) is 10.7 Å². The SMILES string of the molecule is O=C(Cn1nc(-n2cccn2)ccc1=O)Nc1ccc(Br)cc1. The van der Waals surface area contributed by atoms with Crippen LogP contribution in [0.25, 0.3) is 5.82 Å². The van der Waals surface area contributed by atoms with Gasteiger partial charge in [0.2, 0.25) is 5.91 Å². The minimum atomic E-state index is -0.355. The molecular formula is C15H12BrN5O2. The van der Waals surface area contributed by atoms with Crippen LogP contribution in [-0.2, 0) is 11.3 Å². The molecule has 3 aromatic rings. The Hall–Kier alpha value is -2.74. The first kappa shape index (κ1) is 15.2. The predicted octanol–water partition coefficient (Wildman–Crippen LogP) is 1.83. The van der Waals surface area contributed by atoms with E-state index in [4.69, 9.17) is 0 Å². The summed E-state index contributed by atoms with van der Waals surface area (Å²) in [7, 11) is 0. The lowest BCUT2D eigenvalue weighted by atomic mass is 10.3. The summed E-state index contributed by atoms with van der Waals surface area (Å²) in [6, 6.07) is 11.8. The fourth-order valence-corrected chi connectivity index (χ4v) is 2.21. The number of hydrogen-bond donors (Lipinski definition) is 1. The topological polar surface area (TPSA) is 81.8 Å². The van der Waals surface area contributed by atoms with Gasteiger partial charge < -0.3 is 5.32 Å². The second-order valence-corrected chi connectivity index (χ2v) is 5.61. The first-order chi connectivity index (χ1) is 11.1. The summed E-state index contributed by atoms with van der Waals surface area (Å²) in [5, 5.41) is 10.9. The summed E-state index contributed by atoms with van der Waals surface area (Å²) >= 11 is 3.33. The van der Waals surface area contributed by atoms with E-state index in [1.54, 1.807) is 36.7 Å². The molecule has 23 heavy (non-hydrogen) atoms. The van der Waals surface area contributed by atoms with E-state index in [0.29, 0.717) is 11.5 Å². The van der Waals surface area contributed by atoms with E-state index >= 15 is 0 Å². The van der Waals surface area contributed by atoms with Crippen molar-refractivity contribution in [2.24, 2.45) is 0 Å². The highest BCUT2D eigenvalue weighted by atomic mass is 79.9. The molecule has 0 bridgehead atoms. The Balaban J connectivity index is 1.76. The summed E-state index contributed by atoms with van der Waals surface area (Å²) < 4.78 is 3.54. The Morgan fingerprint density at radius 3 is 2.65 bits per heavy atom. The van der Waals surface area contributed by atoms with Gasteiger partial charge in [-0.25, -0.2) is 9.36 Å². The molecule has 0 aliphatic rings. The summed E-state index contributed by atoms with van der Waals surface area (Å²) in [5.74, 6) is 0.130. The molecule has 0 radical (unpaired) electrons. The van der Waals surface area contributed by atoms with Crippen molar-refractivity contribution in [3.05, 3.63) is 69.7 Å². The number of anilines is 1. The average molecular weight is 374 g/mol. The Bertz CT molecular complexity index is 872. The van der Waals surface area contributed by atoms with E-state index in [2.05, 4.69) is 31.4 Å². The number of benzene rings is 1. The van der Waals surface area contributed by atoms with Gasteiger partial charge in [0.15, 0.2) is 5.82 Å². The molecule has 2 aromatic heterocycles. The summed E-state index contributed by atoms with van der Waals surface area (Å²) in [5.41, 5.74) is 0.293. The van der Waals surface area contributed by atoms with Crippen LogP contribution in [0.2, 0.25) is 0 Å². The van der Waals surface area contributed by atoms with E-state index in [0.717, 1.165) is 9.15 Å². The largest absolute Gasteiger partial charge is 0.324 e. The van der Waals surface area contributed by atoms with Crippen molar-refractivity contribution in [1.29, 1.82) is 0 Å². The maximum absolute atomic E-state index is 12.1. The van der Waals surface area contributed by atoms with Crippen LogP contribution in [0.3, 0.4) is 0 Å². The molecule has 8 heteroatoms. The zero-order chi connectivity index (χ0) is 16.2. The Morgan fingerprint density at radius 2 is 1.96 bits per heavy atom. The molecule has 3 rings (SSSR count). The molecule has 116 valence electrons. The van der Waals surface area contributed by atoms with Crippen molar-refractivity contribution >= 4 is 27.5 Å². The van der Waals surface area contributed by atoms with Crippen LogP contribution in [-0.4, -0.2) is 25.5 Å². The maximum Gasteiger partial charge on any atom is 0.267 e. The predicted molar refractivity (Wildman–Crippen MR) is 88.4 cm³/mol. The van der Waals surface area contributed by atoms with Crippen LogP contribution in [0.5, 0.6) is 0 Å². The van der Waals surface area contributed by atoms with Gasteiger partial charge in [-0.1, -0.05) is 15.9 Å². The first-order valence-corrected chi connectivity index (χ1v) is 7.55. The normalized spacial score (nSPS) is 10.5. The van der Waals surface area contributed by atoms with E-state index in [1.807, 2.05) is 12.1 Å². The summed E-state index contributed by atoms with van der Waals surface area (Å²) in [6.45, 7) is -0.177. The van der Waals surface area contributed by atoms with Gasteiger partial charge in [-0.2, -0.15) is 5.10 Å². The van der Waals surface area contributed by atoms with Crippen molar-refractivity contribution in [1.82, 2.24) is 19.6 Å². The Morgan fingerprint density at radius 1 is 1.17 bits per heavy atom. The van der Waals surface area contributed by atoms with Crippen LogP contribution in [0.15, 0.2) is 64.1 Å². The number of carbonyl (C=O) groups is 1. The van der Waals surface area contributed by atoms with Gasteiger partial charge in [-0.05, 0) is 36.4 Å². The standard InChI is InChI=1S/C15H12BrN5O2/c16-11-2-4-12(5-3-11)18-14(22)10-21-15(23)7-6-13(19-21)20-9-1-8-17-20/h1-9H,10H2,(H,18,22). The fourth-order valence-electron chi connectivity index (χ4n) is 1.95. The fraction of sp³-hybridized carbons (Fsp3) is 0.0667. The highest BCUT2D eigenvalue weighted by Gasteiger charge is 2.08. The molecule has 0 atom stereocenters. The monoisotopic (exact) mass is 373 g/mol. The smallest absolute Gasteiger partial charge is 0.267 e. The van der Waals surface area contributed by atoms with Gasteiger partial charge in [0, 0.05) is 28.6 Å². The number of nitrogens with one attached hydrogen (secondary N) is 1. The van der Waals surface area contributed by atoms with Crippen molar-refractivity contribution in [3.63, 3.8) is 0 Å². The van der Waals surface area contributed by atoms with Crippen molar-refractivity contribution in [2.75, 3.05) is 5.32 Å². The zero-order valence-corrected chi connectivity index (χ0v) is 13.5. The van der Waals surface area contributed by atoms with Crippen LogP contribution in [0, 0.1) is 0 Å². The lowest BCUT2D eigenvalue weighted by Crippen LogP contribution is -2.30. The Labute approximate surface area is 139 Å². The summed E-state index contributed by atoms with van der Waals surface area (Å²) in [4.78, 5) is 23.9. The molecule has 0 saturated carbocycles. The van der Waals surface area contributed by atoms with E-state index < -0.39 is 0 Å². The minimum Gasteiger partial charge on any atom is -0.324 e. The third kappa shape index (κ3) is 3.72. The molecule has 0 spiro atoms. The van der Waals surface area contributed by atoms with Crippen LogP contribution < -0.4 is 10.9 Å². The van der Waals surface area contributed by atoms with Gasteiger partial charge in [0.25, 0.3) is 5.56 Å². The average Bonchev–Trinajstić information content (AvgIpc) is 3.06. The first-order valence-electron chi connectivity index (χ1n) is 6.75. The quantitative estimate of drug-likeness (QED) is 0.756. The summed E-state index contributed by atoms with van der Waals surface area (Å²) in [6.07, 6.45) is 3.32. The number of hydrogen-bond acceptors (Lipinski definition) is 4. The van der Waals surface area contributed by atoms with Crippen LogP contribution in [0.1, 0.15) is 0 Å². The number of rotatable bonds is 4. The third-order valence-electron chi connectivity index (χ3n) is 3.01. The molecule has 1 aromatic carbocycles. The highest BCUT2D eigenvalue weighted by Crippen LogP contribution is 2.13. The van der Waals surface area contributed by atoms with E-state index in [9.17, 15) is 9.59 Å². The molecule has 1 amide bonds. The lowest BCUT2D eigenvalue weighted by Gasteiger charge is -2.08. The number of carbonyl (C=O) groups excluding carboxylic acids is 1. The number of amides is 1. The lowest BCUT2D eigenvalue weighted by molar-refractivity contribution is -0.117. The second kappa shape index (κ2) is 6.57. The Kier molecular flexibility index (Phi) is 4.33. The molecular weight excluding hydrogens is 362 g/mol. The van der Waals surface area contributed by atoms with Gasteiger partial charge in [-0.15, -0.1) is 5.10 Å². The minimum absolute atomic E-state index is 0.177. The number of halogens is 1. The number of nitrogens with zero attached hydrogens (tertiary/aromatic N) is 4. The van der Waals surface area contributed by atoms with Gasteiger partial charge in [0.1, 0.15) is 6.54 Å². The zero-order valence-electron chi connectivity index (χ0n) is 11.9. The third-order valence-corrected chi connectivity index (χ3v) is 3.54. The molecule has 0 aliphatic carbocycles. The van der Waals surface area contributed by atoms with Crippen molar-refractivity contribution < 1.29 is 4.79 Å². The van der Waals surface area contributed by atoms with Crippen molar-refractivity contribution in [2.45, 2.75) is 6.54 Å². The molecule has 0 unspecified atom stereocenters. The second-order valence-electron chi connectivity index (χ2n) is 4.69. The van der Waals surface area contributed by atoms with Gasteiger partial charge in [-0.3, -0.25) is 9.59 Å². The van der Waals surface area contributed by atoms with E-state index in [-0.39, 0.29) is 18.0 Å². The molecule has 2 heterocycles.